The van der Waals surface area contributed by atoms with Gasteiger partial charge in [0.2, 0.25) is 11.6 Å². The van der Waals surface area contributed by atoms with Crippen LogP contribution in [0.4, 0.5) is 0 Å². The zero-order chi connectivity index (χ0) is 24.6. The maximum absolute atomic E-state index is 11.6. The second-order valence-corrected chi connectivity index (χ2v) is 8.15. The Balaban J connectivity index is 1.91. The number of methoxy groups -OCH3 is 2. The van der Waals surface area contributed by atoms with Crippen molar-refractivity contribution in [1.29, 1.82) is 0 Å². The molecule has 0 atom stereocenters. The molecular formula is C27H33N3O4. The molecule has 7 nitrogen and oxygen atoms in total. The molecule has 0 bridgehead atoms. The van der Waals surface area contributed by atoms with Gasteiger partial charge in [-0.1, -0.05) is 61.9 Å². The topological polar surface area (TPSA) is 86.5 Å². The molecule has 0 saturated carbocycles. The number of aryl methyl sites for hydroxylation is 1. The number of allylic oxidation sites excluding steroid dienone is 1. The lowest BCUT2D eigenvalue weighted by Gasteiger charge is -2.27. The maximum atomic E-state index is 11.6. The summed E-state index contributed by atoms with van der Waals surface area (Å²) in [6.45, 7) is 6.47. The molecule has 2 aromatic carbocycles. The van der Waals surface area contributed by atoms with Gasteiger partial charge in [-0.2, -0.15) is 0 Å². The van der Waals surface area contributed by atoms with Crippen molar-refractivity contribution in [2.75, 3.05) is 14.2 Å². The fourth-order valence-electron chi connectivity index (χ4n) is 3.95. The predicted octanol–water partition coefficient (Wildman–Crippen LogP) is 5.45. The van der Waals surface area contributed by atoms with Crippen molar-refractivity contribution in [3.8, 4) is 11.1 Å². The van der Waals surface area contributed by atoms with Crippen LogP contribution in [0.15, 0.2) is 61.2 Å². The summed E-state index contributed by atoms with van der Waals surface area (Å²) < 4.78 is 13.4. The fraction of sp³-hybridized carbons (Fsp3) is 0.370. The number of carbonyl (C=O) groups is 1. The first-order chi connectivity index (χ1) is 16.5. The van der Waals surface area contributed by atoms with E-state index in [-0.39, 0.29) is 5.56 Å². The van der Waals surface area contributed by atoms with E-state index in [2.05, 4.69) is 13.5 Å². The minimum atomic E-state index is -0.978. The molecule has 0 aliphatic rings. The zero-order valence-electron chi connectivity index (χ0n) is 20.2. The Bertz CT molecular complexity index is 1100. The first-order valence-electron chi connectivity index (χ1n) is 11.5. The highest BCUT2D eigenvalue weighted by molar-refractivity contribution is 5.95. The predicted molar refractivity (Wildman–Crippen MR) is 132 cm³/mol. The van der Waals surface area contributed by atoms with Crippen LogP contribution in [0.5, 0.6) is 0 Å². The minimum Gasteiger partial charge on any atom is -0.478 e. The summed E-state index contributed by atoms with van der Waals surface area (Å²) in [5, 5.41) is 14.3. The number of ether oxygens (including phenoxy) is 2. The van der Waals surface area contributed by atoms with E-state index in [0.29, 0.717) is 30.8 Å². The van der Waals surface area contributed by atoms with Crippen LogP contribution in [0.1, 0.15) is 60.2 Å². The van der Waals surface area contributed by atoms with Crippen molar-refractivity contribution in [2.24, 2.45) is 0 Å². The lowest BCUT2D eigenvalue weighted by Crippen LogP contribution is -2.32. The molecule has 0 aliphatic carbocycles. The van der Waals surface area contributed by atoms with Crippen molar-refractivity contribution in [1.82, 2.24) is 14.8 Å². The number of rotatable bonds is 13. The van der Waals surface area contributed by atoms with E-state index in [0.717, 1.165) is 36.2 Å². The molecule has 0 fully saturated rings. The van der Waals surface area contributed by atoms with Crippen molar-refractivity contribution in [2.45, 2.75) is 51.4 Å². The lowest BCUT2D eigenvalue weighted by atomic mass is 9.99. The monoisotopic (exact) mass is 463 g/mol. The average Bonchev–Trinajstić information content (AvgIpc) is 3.27. The van der Waals surface area contributed by atoms with Crippen molar-refractivity contribution in [3.05, 3.63) is 84.0 Å². The van der Waals surface area contributed by atoms with Crippen LogP contribution in [0.3, 0.4) is 0 Å². The average molecular weight is 464 g/mol. The standard InChI is InChI=1S/C27H33N3O4/c1-5-7-13-24-28-26(27(33-3,34-4)18-8-6-2)29-30(24)19-20-14-16-21(17-15-20)22-11-9-10-12-23(22)25(31)32/h5,9-12,14-17H,1,6-8,13,18-19H2,2-4H3,(H,31,32). The van der Waals surface area contributed by atoms with Crippen LogP contribution < -0.4 is 0 Å². The molecule has 0 saturated heterocycles. The lowest BCUT2D eigenvalue weighted by molar-refractivity contribution is -0.226. The first-order valence-corrected chi connectivity index (χ1v) is 11.5. The second-order valence-electron chi connectivity index (χ2n) is 8.15. The molecule has 0 amide bonds. The van der Waals surface area contributed by atoms with Gasteiger partial charge in [-0.05, 0) is 35.6 Å². The molecule has 3 aromatic rings. The van der Waals surface area contributed by atoms with Crippen LogP contribution in [-0.4, -0.2) is 40.1 Å². The largest absolute Gasteiger partial charge is 0.478 e. The van der Waals surface area contributed by atoms with Gasteiger partial charge >= 0.3 is 5.97 Å². The van der Waals surface area contributed by atoms with Gasteiger partial charge in [0.1, 0.15) is 5.82 Å². The third kappa shape index (κ3) is 5.61. The third-order valence-corrected chi connectivity index (χ3v) is 5.93. The van der Waals surface area contributed by atoms with Gasteiger partial charge in [0.05, 0.1) is 12.1 Å². The molecule has 0 radical (unpaired) electrons. The Morgan fingerprint density at radius 3 is 2.47 bits per heavy atom. The van der Waals surface area contributed by atoms with E-state index < -0.39 is 11.8 Å². The molecule has 180 valence electrons. The van der Waals surface area contributed by atoms with Gasteiger partial charge in [0.15, 0.2) is 0 Å². The Labute approximate surface area is 201 Å². The van der Waals surface area contributed by atoms with Crippen molar-refractivity contribution < 1.29 is 19.4 Å². The van der Waals surface area contributed by atoms with Gasteiger partial charge in [-0.15, -0.1) is 11.7 Å². The van der Waals surface area contributed by atoms with Gasteiger partial charge in [0.25, 0.3) is 0 Å². The minimum absolute atomic E-state index is 0.283. The highest BCUT2D eigenvalue weighted by Gasteiger charge is 2.37. The smallest absolute Gasteiger partial charge is 0.336 e. The van der Waals surface area contributed by atoms with Crippen molar-refractivity contribution >= 4 is 5.97 Å². The Morgan fingerprint density at radius 1 is 1.15 bits per heavy atom. The molecule has 1 heterocycles. The van der Waals surface area contributed by atoms with Gasteiger partial charge in [-0.3, -0.25) is 0 Å². The normalized spacial score (nSPS) is 11.5. The summed E-state index contributed by atoms with van der Waals surface area (Å²) >= 11 is 0. The van der Waals surface area contributed by atoms with E-state index >= 15 is 0 Å². The summed E-state index contributed by atoms with van der Waals surface area (Å²) in [4.78, 5) is 16.4. The highest BCUT2D eigenvalue weighted by atomic mass is 16.7. The molecule has 34 heavy (non-hydrogen) atoms. The molecule has 3 rings (SSSR count). The number of hydrogen-bond donors (Lipinski definition) is 1. The molecule has 0 spiro atoms. The highest BCUT2D eigenvalue weighted by Crippen LogP contribution is 2.30. The Hall–Kier alpha value is -3.29. The molecule has 0 aliphatic heterocycles. The number of carboxylic acids is 1. The number of aromatic nitrogens is 3. The first kappa shape index (κ1) is 25.3. The molecule has 0 unspecified atom stereocenters. The van der Waals surface area contributed by atoms with E-state index in [1.165, 1.54) is 0 Å². The van der Waals surface area contributed by atoms with Crippen molar-refractivity contribution in [3.63, 3.8) is 0 Å². The Kier molecular flexibility index (Phi) is 8.73. The van der Waals surface area contributed by atoms with Crippen LogP contribution in [-0.2, 0) is 28.2 Å². The fourth-order valence-corrected chi connectivity index (χ4v) is 3.95. The summed E-state index contributed by atoms with van der Waals surface area (Å²) in [7, 11) is 3.24. The number of benzene rings is 2. The number of nitrogens with zero attached hydrogens (tertiary/aromatic N) is 3. The molecule has 1 N–H and O–H groups in total. The number of hydrogen-bond acceptors (Lipinski definition) is 5. The second kappa shape index (κ2) is 11.7. The van der Waals surface area contributed by atoms with E-state index in [1.54, 1.807) is 26.4 Å². The summed E-state index contributed by atoms with van der Waals surface area (Å²) in [5.41, 5.74) is 2.86. The van der Waals surface area contributed by atoms with E-state index in [9.17, 15) is 9.90 Å². The number of aromatic carboxylic acids is 1. The van der Waals surface area contributed by atoms with Gasteiger partial charge < -0.3 is 14.6 Å². The van der Waals surface area contributed by atoms with E-state index in [4.69, 9.17) is 19.6 Å². The molecule has 1 aromatic heterocycles. The third-order valence-electron chi connectivity index (χ3n) is 5.93. The number of unbranched alkanes of at least 4 members (excludes halogenated alkanes) is 1. The van der Waals surface area contributed by atoms with Crippen LogP contribution in [0.25, 0.3) is 11.1 Å². The molecule has 7 heteroatoms. The quantitative estimate of drug-likeness (QED) is 0.268. The maximum Gasteiger partial charge on any atom is 0.336 e. The molecular weight excluding hydrogens is 430 g/mol. The summed E-state index contributed by atoms with van der Waals surface area (Å²) in [6, 6.07) is 14.9. The zero-order valence-corrected chi connectivity index (χ0v) is 20.2. The van der Waals surface area contributed by atoms with Crippen LogP contribution in [0.2, 0.25) is 0 Å². The summed E-state index contributed by atoms with van der Waals surface area (Å²) in [6.07, 6.45) is 5.96. The van der Waals surface area contributed by atoms with Crippen LogP contribution >= 0.6 is 0 Å². The van der Waals surface area contributed by atoms with Gasteiger partial charge in [-0.25, -0.2) is 14.5 Å². The number of carboxylic acid groups (broad SMARTS) is 1. The van der Waals surface area contributed by atoms with Crippen LogP contribution in [0, 0.1) is 0 Å². The van der Waals surface area contributed by atoms with Gasteiger partial charge in [0, 0.05) is 27.1 Å². The SMILES string of the molecule is C=CCCc1nc(C(CCCC)(OC)OC)nn1Cc1ccc(-c2ccccc2C(=O)O)cc1. The Morgan fingerprint density at radius 2 is 1.85 bits per heavy atom. The van der Waals surface area contributed by atoms with E-state index in [1.807, 2.05) is 47.2 Å². The summed E-state index contributed by atoms with van der Waals surface area (Å²) in [5.74, 6) is -0.555.